The second-order valence-electron chi connectivity index (χ2n) is 4.25. The minimum absolute atomic E-state index is 0.0419. The lowest BCUT2D eigenvalue weighted by Gasteiger charge is -2.08. The molecule has 1 atom stereocenters. The standard InChI is InChI=1S/C11H24N2O3S/c1-3-7-13-11(14)9-17(15,16)8-5-6-10(12)4-2/h10H,3-9,12H2,1-2H3,(H,13,14). The first-order valence-corrected chi connectivity index (χ1v) is 7.96. The first-order chi connectivity index (χ1) is 7.91. The molecule has 0 radical (unpaired) electrons. The maximum Gasteiger partial charge on any atom is 0.235 e. The van der Waals surface area contributed by atoms with Gasteiger partial charge in [0.1, 0.15) is 5.75 Å². The van der Waals surface area contributed by atoms with Gasteiger partial charge in [0, 0.05) is 12.6 Å². The van der Waals surface area contributed by atoms with Gasteiger partial charge in [0.15, 0.2) is 9.84 Å². The molecule has 0 saturated heterocycles. The van der Waals surface area contributed by atoms with E-state index in [1.54, 1.807) is 0 Å². The molecule has 0 aliphatic rings. The molecule has 3 N–H and O–H groups in total. The normalized spacial score (nSPS) is 13.4. The molecule has 6 heteroatoms. The third-order valence-electron chi connectivity index (χ3n) is 2.48. The zero-order valence-corrected chi connectivity index (χ0v) is 11.6. The molecule has 0 heterocycles. The van der Waals surface area contributed by atoms with Gasteiger partial charge in [-0.05, 0) is 25.7 Å². The molecule has 102 valence electrons. The molecule has 0 aromatic rings. The predicted octanol–water partition coefficient (Wildman–Crippen LogP) is 0.445. The highest BCUT2D eigenvalue weighted by atomic mass is 32.2. The molecular weight excluding hydrogens is 240 g/mol. The van der Waals surface area contributed by atoms with E-state index in [9.17, 15) is 13.2 Å². The highest BCUT2D eigenvalue weighted by molar-refractivity contribution is 7.92. The van der Waals surface area contributed by atoms with Gasteiger partial charge in [0.05, 0.1) is 5.75 Å². The van der Waals surface area contributed by atoms with Crippen molar-refractivity contribution < 1.29 is 13.2 Å². The van der Waals surface area contributed by atoms with Crippen LogP contribution in [0.15, 0.2) is 0 Å². The van der Waals surface area contributed by atoms with Gasteiger partial charge < -0.3 is 11.1 Å². The lowest BCUT2D eigenvalue weighted by Crippen LogP contribution is -2.32. The van der Waals surface area contributed by atoms with Crippen LogP contribution in [-0.2, 0) is 14.6 Å². The summed E-state index contributed by atoms with van der Waals surface area (Å²) in [5.74, 6) is -0.777. The van der Waals surface area contributed by atoms with Crippen LogP contribution in [0.4, 0.5) is 0 Å². The Labute approximate surface area is 104 Å². The van der Waals surface area contributed by atoms with E-state index in [2.05, 4.69) is 5.32 Å². The Morgan fingerprint density at radius 3 is 2.53 bits per heavy atom. The number of sulfone groups is 1. The number of nitrogens with two attached hydrogens (primary N) is 1. The maximum absolute atomic E-state index is 11.6. The molecule has 0 spiro atoms. The Balaban J connectivity index is 3.91. The zero-order chi connectivity index (χ0) is 13.3. The topological polar surface area (TPSA) is 89.3 Å². The van der Waals surface area contributed by atoms with Gasteiger partial charge in [-0.25, -0.2) is 8.42 Å². The summed E-state index contributed by atoms with van der Waals surface area (Å²) in [6.07, 6.45) is 2.86. The second-order valence-corrected chi connectivity index (χ2v) is 6.44. The van der Waals surface area contributed by atoms with E-state index in [0.717, 1.165) is 12.8 Å². The van der Waals surface area contributed by atoms with E-state index in [0.29, 0.717) is 19.4 Å². The van der Waals surface area contributed by atoms with Crippen molar-refractivity contribution in [2.24, 2.45) is 5.73 Å². The average molecular weight is 264 g/mol. The number of nitrogens with one attached hydrogen (secondary N) is 1. The van der Waals surface area contributed by atoms with Crippen LogP contribution in [0.25, 0.3) is 0 Å². The van der Waals surface area contributed by atoms with Gasteiger partial charge in [-0.1, -0.05) is 13.8 Å². The Morgan fingerprint density at radius 2 is 2.00 bits per heavy atom. The maximum atomic E-state index is 11.6. The molecule has 0 bridgehead atoms. The molecule has 1 amide bonds. The van der Waals surface area contributed by atoms with Gasteiger partial charge in [-0.15, -0.1) is 0 Å². The van der Waals surface area contributed by atoms with Crippen molar-refractivity contribution in [3.63, 3.8) is 0 Å². The van der Waals surface area contributed by atoms with E-state index in [-0.39, 0.29) is 11.8 Å². The quantitative estimate of drug-likeness (QED) is 0.632. The van der Waals surface area contributed by atoms with Crippen LogP contribution in [0.2, 0.25) is 0 Å². The SMILES string of the molecule is CCCNC(=O)CS(=O)(=O)CCCC(N)CC. The van der Waals surface area contributed by atoms with Crippen LogP contribution in [0.1, 0.15) is 39.5 Å². The summed E-state index contributed by atoms with van der Waals surface area (Å²) in [7, 11) is -3.28. The number of carbonyl (C=O) groups excluding carboxylic acids is 1. The van der Waals surface area contributed by atoms with Gasteiger partial charge in [-0.2, -0.15) is 0 Å². The summed E-state index contributed by atoms with van der Waals surface area (Å²) < 4.78 is 23.1. The zero-order valence-electron chi connectivity index (χ0n) is 10.7. The van der Waals surface area contributed by atoms with E-state index >= 15 is 0 Å². The van der Waals surface area contributed by atoms with E-state index < -0.39 is 21.5 Å². The minimum Gasteiger partial charge on any atom is -0.355 e. The van der Waals surface area contributed by atoms with E-state index in [1.807, 2.05) is 13.8 Å². The smallest absolute Gasteiger partial charge is 0.235 e. The molecule has 1 unspecified atom stereocenters. The molecular formula is C11H24N2O3S. The highest BCUT2D eigenvalue weighted by Crippen LogP contribution is 2.02. The van der Waals surface area contributed by atoms with Crippen molar-refractivity contribution in [3.05, 3.63) is 0 Å². The van der Waals surface area contributed by atoms with Gasteiger partial charge in [0.2, 0.25) is 5.91 Å². The molecule has 0 aromatic heterocycles. The lowest BCUT2D eigenvalue weighted by atomic mass is 10.1. The molecule has 0 fully saturated rings. The third-order valence-corrected chi connectivity index (χ3v) is 4.09. The molecule has 0 saturated carbocycles. The first kappa shape index (κ1) is 16.4. The largest absolute Gasteiger partial charge is 0.355 e. The summed E-state index contributed by atoms with van der Waals surface area (Å²) >= 11 is 0. The lowest BCUT2D eigenvalue weighted by molar-refractivity contribution is -0.118. The molecule has 0 rings (SSSR count). The van der Waals surface area contributed by atoms with Crippen LogP contribution >= 0.6 is 0 Å². The van der Waals surface area contributed by atoms with Crippen molar-refractivity contribution in [2.45, 2.75) is 45.6 Å². The highest BCUT2D eigenvalue weighted by Gasteiger charge is 2.16. The van der Waals surface area contributed by atoms with Crippen molar-refractivity contribution in [1.29, 1.82) is 0 Å². The summed E-state index contributed by atoms with van der Waals surface area (Å²) in [4.78, 5) is 11.3. The number of hydrogen-bond acceptors (Lipinski definition) is 4. The number of rotatable bonds is 9. The van der Waals surface area contributed by atoms with Crippen LogP contribution in [-0.4, -0.2) is 38.4 Å². The van der Waals surface area contributed by atoms with Gasteiger partial charge in [-0.3, -0.25) is 4.79 Å². The van der Waals surface area contributed by atoms with E-state index in [4.69, 9.17) is 5.73 Å². The molecule has 0 aromatic carbocycles. The van der Waals surface area contributed by atoms with E-state index in [1.165, 1.54) is 0 Å². The summed E-state index contributed by atoms with van der Waals surface area (Å²) in [6, 6.07) is 0.0547. The van der Waals surface area contributed by atoms with Crippen LogP contribution < -0.4 is 11.1 Å². The minimum atomic E-state index is -3.28. The molecule has 0 aliphatic carbocycles. The van der Waals surface area contributed by atoms with Gasteiger partial charge >= 0.3 is 0 Å². The Kier molecular flexibility index (Phi) is 8.16. The fourth-order valence-electron chi connectivity index (χ4n) is 1.36. The fraction of sp³-hybridized carbons (Fsp3) is 0.909. The van der Waals surface area contributed by atoms with Crippen LogP contribution in [0, 0.1) is 0 Å². The molecule has 0 aliphatic heterocycles. The fourth-order valence-corrected chi connectivity index (χ4v) is 2.61. The van der Waals surface area contributed by atoms with Crippen molar-refractivity contribution in [3.8, 4) is 0 Å². The Morgan fingerprint density at radius 1 is 1.35 bits per heavy atom. The third kappa shape index (κ3) is 9.12. The van der Waals surface area contributed by atoms with Crippen molar-refractivity contribution in [1.82, 2.24) is 5.32 Å². The second kappa shape index (κ2) is 8.47. The Bertz CT molecular complexity index is 315. The summed E-state index contributed by atoms with van der Waals surface area (Å²) in [6.45, 7) is 4.41. The predicted molar refractivity (Wildman–Crippen MR) is 69.5 cm³/mol. The summed E-state index contributed by atoms with van der Waals surface area (Å²) in [5.41, 5.74) is 5.70. The number of carbonyl (C=O) groups is 1. The monoisotopic (exact) mass is 264 g/mol. The Hall–Kier alpha value is -0.620. The molecule has 17 heavy (non-hydrogen) atoms. The van der Waals surface area contributed by atoms with Crippen molar-refractivity contribution in [2.75, 3.05) is 18.1 Å². The van der Waals surface area contributed by atoms with Crippen molar-refractivity contribution >= 4 is 15.7 Å². The average Bonchev–Trinajstić information content (AvgIpc) is 2.25. The first-order valence-electron chi connectivity index (χ1n) is 6.14. The number of hydrogen-bond donors (Lipinski definition) is 2. The summed E-state index contributed by atoms with van der Waals surface area (Å²) in [5, 5.41) is 2.56. The number of amides is 1. The van der Waals surface area contributed by atoms with Crippen LogP contribution in [0.5, 0.6) is 0 Å². The van der Waals surface area contributed by atoms with Gasteiger partial charge in [0.25, 0.3) is 0 Å². The molecule has 5 nitrogen and oxygen atoms in total. The van der Waals surface area contributed by atoms with Crippen LogP contribution in [0.3, 0.4) is 0 Å².